The van der Waals surface area contributed by atoms with Gasteiger partial charge in [0.2, 0.25) is 5.91 Å². The number of nitrogens with two attached hydrogens (primary N) is 1. The smallest absolute Gasteiger partial charge is 0.251 e. The molecule has 0 aromatic heterocycles. The average Bonchev–Trinajstić information content (AvgIpc) is 2.42. The maximum atomic E-state index is 11.9. The fourth-order valence-electron chi connectivity index (χ4n) is 1.59. The molecule has 110 valence electrons. The van der Waals surface area contributed by atoms with Crippen molar-refractivity contribution in [1.82, 2.24) is 10.6 Å². The Balaban J connectivity index is 2.60. The number of amides is 2. The summed E-state index contributed by atoms with van der Waals surface area (Å²) in [5.41, 5.74) is 6.52. The summed E-state index contributed by atoms with van der Waals surface area (Å²) in [6.07, 6.45) is 0.854. The molecule has 0 atom stereocenters. The summed E-state index contributed by atoms with van der Waals surface area (Å²) in [4.78, 5) is 23.3. The SMILES string of the molecule is CCCNC(=O)CNC(=O)c1cc(N)cc(OCC)c1. The number of rotatable bonds is 7. The molecule has 0 fully saturated rings. The summed E-state index contributed by atoms with van der Waals surface area (Å²) in [7, 11) is 0. The molecule has 6 heteroatoms. The van der Waals surface area contributed by atoms with E-state index in [0.29, 0.717) is 30.2 Å². The van der Waals surface area contributed by atoms with E-state index in [1.54, 1.807) is 18.2 Å². The van der Waals surface area contributed by atoms with Gasteiger partial charge in [-0.1, -0.05) is 6.92 Å². The zero-order valence-corrected chi connectivity index (χ0v) is 11.9. The predicted octanol–water partition coefficient (Wildman–Crippen LogP) is 0.923. The molecule has 2 amide bonds. The highest BCUT2D eigenvalue weighted by atomic mass is 16.5. The third-order valence-electron chi connectivity index (χ3n) is 2.48. The quantitative estimate of drug-likeness (QED) is 0.647. The van der Waals surface area contributed by atoms with Gasteiger partial charge in [-0.3, -0.25) is 9.59 Å². The molecule has 0 aliphatic rings. The van der Waals surface area contributed by atoms with Crippen molar-refractivity contribution in [3.8, 4) is 5.75 Å². The molecule has 0 aliphatic heterocycles. The van der Waals surface area contributed by atoms with Gasteiger partial charge >= 0.3 is 0 Å². The summed E-state index contributed by atoms with van der Waals surface area (Å²) < 4.78 is 5.32. The molecule has 0 saturated carbocycles. The predicted molar refractivity (Wildman–Crippen MR) is 77.7 cm³/mol. The highest BCUT2D eigenvalue weighted by molar-refractivity contribution is 5.97. The van der Waals surface area contributed by atoms with Gasteiger partial charge in [0, 0.05) is 23.9 Å². The third-order valence-corrected chi connectivity index (χ3v) is 2.48. The first-order chi connectivity index (χ1) is 9.56. The zero-order chi connectivity index (χ0) is 15.0. The number of hydrogen-bond donors (Lipinski definition) is 3. The van der Waals surface area contributed by atoms with E-state index in [0.717, 1.165) is 6.42 Å². The summed E-state index contributed by atoms with van der Waals surface area (Å²) in [6, 6.07) is 4.79. The topological polar surface area (TPSA) is 93.5 Å². The van der Waals surface area contributed by atoms with Crippen molar-refractivity contribution >= 4 is 17.5 Å². The van der Waals surface area contributed by atoms with E-state index in [1.165, 1.54) is 0 Å². The van der Waals surface area contributed by atoms with Crippen molar-refractivity contribution < 1.29 is 14.3 Å². The van der Waals surface area contributed by atoms with Crippen molar-refractivity contribution in [2.75, 3.05) is 25.4 Å². The van der Waals surface area contributed by atoms with Crippen LogP contribution >= 0.6 is 0 Å². The number of benzene rings is 1. The molecule has 1 aromatic carbocycles. The second kappa shape index (κ2) is 8.04. The average molecular weight is 279 g/mol. The number of nitrogens with one attached hydrogen (secondary N) is 2. The van der Waals surface area contributed by atoms with Gasteiger partial charge in [-0.25, -0.2) is 0 Å². The molecule has 0 aliphatic carbocycles. The fourth-order valence-corrected chi connectivity index (χ4v) is 1.59. The van der Waals surface area contributed by atoms with Crippen LogP contribution < -0.4 is 21.1 Å². The van der Waals surface area contributed by atoms with Crippen LogP contribution in [-0.2, 0) is 4.79 Å². The number of ether oxygens (including phenoxy) is 1. The molecular weight excluding hydrogens is 258 g/mol. The summed E-state index contributed by atoms with van der Waals surface area (Å²) in [6.45, 7) is 4.84. The molecule has 20 heavy (non-hydrogen) atoms. The fraction of sp³-hybridized carbons (Fsp3) is 0.429. The van der Waals surface area contributed by atoms with E-state index in [9.17, 15) is 9.59 Å². The third kappa shape index (κ3) is 5.17. The first kappa shape index (κ1) is 15.8. The summed E-state index contributed by atoms with van der Waals surface area (Å²) >= 11 is 0. The number of hydrogen-bond acceptors (Lipinski definition) is 4. The van der Waals surface area contributed by atoms with Crippen LogP contribution in [0.2, 0.25) is 0 Å². The minimum atomic E-state index is -0.357. The lowest BCUT2D eigenvalue weighted by molar-refractivity contribution is -0.120. The van der Waals surface area contributed by atoms with Crippen molar-refractivity contribution in [2.45, 2.75) is 20.3 Å². The molecule has 1 aromatic rings. The first-order valence-corrected chi connectivity index (χ1v) is 6.65. The Morgan fingerprint density at radius 1 is 1.20 bits per heavy atom. The number of anilines is 1. The van der Waals surface area contributed by atoms with Crippen LogP contribution in [0.1, 0.15) is 30.6 Å². The molecule has 1 rings (SSSR count). The molecular formula is C14H21N3O3. The highest BCUT2D eigenvalue weighted by Crippen LogP contribution is 2.18. The van der Waals surface area contributed by atoms with E-state index >= 15 is 0 Å². The molecule has 0 unspecified atom stereocenters. The molecule has 4 N–H and O–H groups in total. The van der Waals surface area contributed by atoms with Gasteiger partial charge in [-0.2, -0.15) is 0 Å². The Morgan fingerprint density at radius 2 is 1.95 bits per heavy atom. The molecule has 0 bridgehead atoms. The van der Waals surface area contributed by atoms with Gasteiger partial charge in [0.25, 0.3) is 5.91 Å². The van der Waals surface area contributed by atoms with Crippen LogP contribution in [0.15, 0.2) is 18.2 Å². The van der Waals surface area contributed by atoms with Gasteiger partial charge in [0.05, 0.1) is 13.2 Å². The van der Waals surface area contributed by atoms with E-state index < -0.39 is 0 Å². The van der Waals surface area contributed by atoms with Crippen LogP contribution in [0, 0.1) is 0 Å². The lowest BCUT2D eigenvalue weighted by Crippen LogP contribution is -2.37. The minimum absolute atomic E-state index is 0.0579. The highest BCUT2D eigenvalue weighted by Gasteiger charge is 2.10. The van der Waals surface area contributed by atoms with Crippen LogP contribution in [0.3, 0.4) is 0 Å². The Hall–Kier alpha value is -2.24. The molecule has 6 nitrogen and oxygen atoms in total. The van der Waals surface area contributed by atoms with E-state index in [2.05, 4.69) is 10.6 Å². The summed E-state index contributed by atoms with van der Waals surface area (Å²) in [5.74, 6) is -0.0351. The minimum Gasteiger partial charge on any atom is -0.494 e. The van der Waals surface area contributed by atoms with Gasteiger partial charge in [-0.05, 0) is 25.5 Å². The number of carbonyl (C=O) groups excluding carboxylic acids is 2. The van der Waals surface area contributed by atoms with Crippen LogP contribution in [0.5, 0.6) is 5.75 Å². The van der Waals surface area contributed by atoms with Gasteiger partial charge < -0.3 is 21.1 Å². The van der Waals surface area contributed by atoms with Crippen molar-refractivity contribution in [3.63, 3.8) is 0 Å². The molecule has 0 spiro atoms. The molecule has 0 saturated heterocycles. The zero-order valence-electron chi connectivity index (χ0n) is 11.9. The van der Waals surface area contributed by atoms with Crippen molar-refractivity contribution in [3.05, 3.63) is 23.8 Å². The maximum Gasteiger partial charge on any atom is 0.251 e. The van der Waals surface area contributed by atoms with Crippen molar-refractivity contribution in [1.29, 1.82) is 0 Å². The Bertz CT molecular complexity index is 475. The second-order valence-corrected chi connectivity index (χ2v) is 4.26. The monoisotopic (exact) mass is 279 g/mol. The first-order valence-electron chi connectivity index (χ1n) is 6.65. The van der Waals surface area contributed by atoms with E-state index in [4.69, 9.17) is 10.5 Å². The number of nitrogen functional groups attached to an aromatic ring is 1. The molecule has 0 heterocycles. The van der Waals surface area contributed by atoms with E-state index in [-0.39, 0.29) is 18.4 Å². The second-order valence-electron chi connectivity index (χ2n) is 4.26. The largest absolute Gasteiger partial charge is 0.494 e. The van der Waals surface area contributed by atoms with E-state index in [1.807, 2.05) is 13.8 Å². The maximum absolute atomic E-state index is 11.9. The standard InChI is InChI=1S/C14H21N3O3/c1-3-5-16-13(18)9-17-14(19)10-6-11(15)8-12(7-10)20-4-2/h6-8H,3-5,9,15H2,1-2H3,(H,16,18)(H,17,19). The normalized spacial score (nSPS) is 9.90. The Kier molecular flexibility index (Phi) is 6.36. The number of carbonyl (C=O) groups is 2. The lowest BCUT2D eigenvalue weighted by atomic mass is 10.1. The van der Waals surface area contributed by atoms with Crippen LogP contribution in [0.25, 0.3) is 0 Å². The summed E-state index contributed by atoms with van der Waals surface area (Å²) in [5, 5.41) is 5.22. The van der Waals surface area contributed by atoms with Crippen molar-refractivity contribution in [2.24, 2.45) is 0 Å². The van der Waals surface area contributed by atoms with Crippen LogP contribution in [-0.4, -0.2) is 31.5 Å². The van der Waals surface area contributed by atoms with Gasteiger partial charge in [0.15, 0.2) is 0 Å². The molecule has 0 radical (unpaired) electrons. The Morgan fingerprint density at radius 3 is 2.60 bits per heavy atom. The van der Waals surface area contributed by atoms with Gasteiger partial charge in [-0.15, -0.1) is 0 Å². The van der Waals surface area contributed by atoms with Gasteiger partial charge in [0.1, 0.15) is 5.75 Å². The Labute approximate surface area is 118 Å². The van der Waals surface area contributed by atoms with Crippen LogP contribution in [0.4, 0.5) is 5.69 Å². The lowest BCUT2D eigenvalue weighted by Gasteiger charge is -2.09.